The zero-order valence-corrected chi connectivity index (χ0v) is 12.9. The summed E-state index contributed by atoms with van der Waals surface area (Å²) in [5.74, 6) is 2.40. The van der Waals surface area contributed by atoms with Gasteiger partial charge in [0.1, 0.15) is 5.82 Å². The molecule has 2 heterocycles. The predicted molar refractivity (Wildman–Crippen MR) is 83.7 cm³/mol. The highest BCUT2D eigenvalue weighted by Crippen LogP contribution is 2.20. The molecule has 1 N–H and O–H groups in total. The molecule has 0 radical (unpaired) electrons. The van der Waals surface area contributed by atoms with Crippen molar-refractivity contribution in [1.82, 2.24) is 10.2 Å². The van der Waals surface area contributed by atoms with E-state index in [0.29, 0.717) is 19.0 Å². The van der Waals surface area contributed by atoms with Crippen molar-refractivity contribution < 1.29 is 9.18 Å². The third-order valence-corrected chi connectivity index (χ3v) is 5.24. The molecule has 0 aliphatic carbocycles. The van der Waals surface area contributed by atoms with Gasteiger partial charge < -0.3 is 10.2 Å². The smallest absolute Gasteiger partial charge is 0.224 e. The van der Waals surface area contributed by atoms with Crippen molar-refractivity contribution in [3.63, 3.8) is 0 Å². The van der Waals surface area contributed by atoms with E-state index in [2.05, 4.69) is 5.32 Å². The lowest BCUT2D eigenvalue weighted by Crippen LogP contribution is -2.41. The Morgan fingerprint density at radius 2 is 1.90 bits per heavy atom. The largest absolute Gasteiger partial charge is 0.337 e. The summed E-state index contributed by atoms with van der Waals surface area (Å²) >= 11 is 2.01. The highest BCUT2D eigenvalue weighted by Gasteiger charge is 2.31. The molecule has 0 saturated carbocycles. The summed E-state index contributed by atoms with van der Waals surface area (Å²) in [6.45, 7) is 1.34. The van der Waals surface area contributed by atoms with Crippen molar-refractivity contribution in [1.29, 1.82) is 0 Å². The van der Waals surface area contributed by atoms with Gasteiger partial charge in [0.05, 0.1) is 0 Å². The Labute approximate surface area is 129 Å². The van der Waals surface area contributed by atoms with Gasteiger partial charge in [0.25, 0.3) is 0 Å². The van der Waals surface area contributed by atoms with E-state index in [4.69, 9.17) is 0 Å². The maximum Gasteiger partial charge on any atom is 0.224 e. The number of thioether (sulfide) groups is 1. The molecule has 2 aliphatic heterocycles. The van der Waals surface area contributed by atoms with Gasteiger partial charge in [0, 0.05) is 31.6 Å². The molecule has 1 atom stereocenters. The summed E-state index contributed by atoms with van der Waals surface area (Å²) in [7, 11) is 0. The molecule has 2 saturated heterocycles. The second-order valence-electron chi connectivity index (χ2n) is 5.86. The second-order valence-corrected chi connectivity index (χ2v) is 7.08. The molecule has 21 heavy (non-hydrogen) atoms. The summed E-state index contributed by atoms with van der Waals surface area (Å²) < 4.78 is 12.9. The number of hydrogen-bond acceptors (Lipinski definition) is 3. The van der Waals surface area contributed by atoms with Gasteiger partial charge in [-0.1, -0.05) is 12.1 Å². The molecule has 114 valence electrons. The van der Waals surface area contributed by atoms with Crippen LogP contribution < -0.4 is 5.32 Å². The van der Waals surface area contributed by atoms with Crippen molar-refractivity contribution in [2.45, 2.75) is 37.9 Å². The Balaban J connectivity index is 1.53. The Hall–Kier alpha value is -1.07. The molecule has 0 spiro atoms. The van der Waals surface area contributed by atoms with E-state index in [1.54, 1.807) is 12.1 Å². The zero-order valence-electron chi connectivity index (χ0n) is 12.1. The Morgan fingerprint density at radius 1 is 1.19 bits per heavy atom. The summed E-state index contributed by atoms with van der Waals surface area (Å²) in [6, 6.07) is 7.24. The highest BCUT2D eigenvalue weighted by molar-refractivity contribution is 7.99. The van der Waals surface area contributed by atoms with Crippen LogP contribution in [-0.2, 0) is 11.3 Å². The first-order chi connectivity index (χ1) is 10.2. The van der Waals surface area contributed by atoms with Gasteiger partial charge in [0.15, 0.2) is 0 Å². The predicted octanol–water partition coefficient (Wildman–Crippen LogP) is 2.41. The molecule has 2 aliphatic rings. The number of hydrogen-bond donors (Lipinski definition) is 1. The first-order valence-corrected chi connectivity index (χ1v) is 8.72. The number of amides is 1. The number of nitrogens with one attached hydrogen (secondary N) is 1. The maximum atomic E-state index is 12.9. The number of benzene rings is 1. The molecule has 1 aromatic carbocycles. The highest BCUT2D eigenvalue weighted by atomic mass is 32.2. The molecule has 3 nitrogen and oxygen atoms in total. The molecule has 3 rings (SSSR count). The minimum Gasteiger partial charge on any atom is -0.337 e. The van der Waals surface area contributed by atoms with Crippen molar-refractivity contribution in [3.05, 3.63) is 35.6 Å². The first-order valence-electron chi connectivity index (χ1n) is 7.57. The summed E-state index contributed by atoms with van der Waals surface area (Å²) in [5.41, 5.74) is 0.986. The minimum atomic E-state index is -0.235. The van der Waals surface area contributed by atoms with Gasteiger partial charge in [-0.3, -0.25) is 4.79 Å². The van der Waals surface area contributed by atoms with E-state index in [1.165, 1.54) is 36.5 Å². The number of likely N-dealkylation sites (tertiary alicyclic amines) is 1. The van der Waals surface area contributed by atoms with Crippen molar-refractivity contribution in [3.8, 4) is 0 Å². The molecule has 0 aromatic heterocycles. The molecular formula is C16H21FN2OS. The van der Waals surface area contributed by atoms with Gasteiger partial charge >= 0.3 is 0 Å². The Kier molecular flexibility index (Phi) is 4.80. The minimum absolute atomic E-state index is 0.196. The van der Waals surface area contributed by atoms with E-state index < -0.39 is 0 Å². The first kappa shape index (κ1) is 14.9. The molecule has 5 heteroatoms. The van der Waals surface area contributed by atoms with Gasteiger partial charge in [-0.15, -0.1) is 0 Å². The fourth-order valence-corrected chi connectivity index (χ4v) is 4.15. The number of halogens is 1. The Bertz CT molecular complexity index is 488. The third-order valence-electron chi connectivity index (χ3n) is 4.19. The quantitative estimate of drug-likeness (QED) is 0.927. The van der Waals surface area contributed by atoms with Gasteiger partial charge in [-0.2, -0.15) is 11.8 Å². The van der Waals surface area contributed by atoms with Crippen LogP contribution in [0.2, 0.25) is 0 Å². The fraction of sp³-hybridized carbons (Fsp3) is 0.562. The molecular weight excluding hydrogens is 287 g/mol. The third kappa shape index (κ3) is 3.98. The molecule has 1 aromatic rings. The lowest BCUT2D eigenvalue weighted by Gasteiger charge is -2.26. The Morgan fingerprint density at radius 3 is 2.62 bits per heavy atom. The van der Waals surface area contributed by atoms with Crippen LogP contribution in [0.3, 0.4) is 0 Å². The summed E-state index contributed by atoms with van der Waals surface area (Å²) in [5, 5.41) is 3.64. The monoisotopic (exact) mass is 308 g/mol. The van der Waals surface area contributed by atoms with Crippen LogP contribution in [0.5, 0.6) is 0 Å². The number of carbonyl (C=O) groups excluding carboxylic acids is 1. The maximum absolute atomic E-state index is 12.9. The van der Waals surface area contributed by atoms with E-state index >= 15 is 0 Å². The van der Waals surface area contributed by atoms with Gasteiger partial charge in [-0.05, 0) is 42.0 Å². The molecule has 2 fully saturated rings. The number of nitrogens with zero attached hydrogens (tertiary/aromatic N) is 1. The summed E-state index contributed by atoms with van der Waals surface area (Å²) in [4.78, 5) is 14.0. The van der Waals surface area contributed by atoms with E-state index in [0.717, 1.165) is 12.1 Å². The second kappa shape index (κ2) is 6.79. The average molecular weight is 308 g/mol. The van der Waals surface area contributed by atoms with Crippen molar-refractivity contribution in [2.75, 3.05) is 18.1 Å². The van der Waals surface area contributed by atoms with E-state index in [1.807, 2.05) is 16.7 Å². The van der Waals surface area contributed by atoms with Crippen LogP contribution in [0.1, 0.15) is 24.8 Å². The summed E-state index contributed by atoms with van der Waals surface area (Å²) in [6.07, 6.45) is 2.99. The number of rotatable bonds is 4. The SMILES string of the molecule is O=C1CC(NC2CCSCC2)CN1Cc1ccc(F)cc1. The van der Waals surface area contributed by atoms with Crippen LogP contribution >= 0.6 is 11.8 Å². The lowest BCUT2D eigenvalue weighted by molar-refractivity contribution is -0.128. The van der Waals surface area contributed by atoms with Gasteiger partial charge in [0.2, 0.25) is 5.91 Å². The van der Waals surface area contributed by atoms with Crippen LogP contribution in [0.15, 0.2) is 24.3 Å². The van der Waals surface area contributed by atoms with Crippen molar-refractivity contribution >= 4 is 17.7 Å². The van der Waals surface area contributed by atoms with Crippen molar-refractivity contribution in [2.24, 2.45) is 0 Å². The zero-order chi connectivity index (χ0) is 14.7. The number of carbonyl (C=O) groups is 1. The molecule has 1 unspecified atom stereocenters. The van der Waals surface area contributed by atoms with Crippen LogP contribution in [0.25, 0.3) is 0 Å². The van der Waals surface area contributed by atoms with Crippen LogP contribution in [-0.4, -0.2) is 40.9 Å². The average Bonchev–Trinajstić information content (AvgIpc) is 2.82. The van der Waals surface area contributed by atoms with E-state index in [-0.39, 0.29) is 17.8 Å². The molecule has 1 amide bonds. The van der Waals surface area contributed by atoms with Crippen LogP contribution in [0.4, 0.5) is 4.39 Å². The lowest BCUT2D eigenvalue weighted by atomic mass is 10.1. The fourth-order valence-electron chi connectivity index (χ4n) is 3.04. The van der Waals surface area contributed by atoms with Gasteiger partial charge in [-0.25, -0.2) is 4.39 Å². The topological polar surface area (TPSA) is 32.3 Å². The van der Waals surface area contributed by atoms with Crippen LogP contribution in [0, 0.1) is 5.82 Å². The molecule has 0 bridgehead atoms. The normalized spacial score (nSPS) is 23.8. The van der Waals surface area contributed by atoms with E-state index in [9.17, 15) is 9.18 Å². The standard InChI is InChI=1S/C16H21FN2OS/c17-13-3-1-12(2-4-13)10-19-11-15(9-16(19)20)18-14-5-7-21-8-6-14/h1-4,14-15,18H,5-11H2.